The first-order valence-electron chi connectivity index (χ1n) is 9.07. The van der Waals surface area contributed by atoms with Crippen LogP contribution in [0.3, 0.4) is 0 Å². The first-order valence-corrected chi connectivity index (χ1v) is 10.1. The number of nitrogens with one attached hydrogen (secondary N) is 1. The van der Waals surface area contributed by atoms with Crippen LogP contribution in [0, 0.1) is 0 Å². The van der Waals surface area contributed by atoms with Crippen molar-refractivity contribution in [2.75, 3.05) is 5.75 Å². The Balaban J connectivity index is 1.41. The summed E-state index contributed by atoms with van der Waals surface area (Å²) in [5.41, 5.74) is 7.69. The van der Waals surface area contributed by atoms with Gasteiger partial charge in [0.2, 0.25) is 5.91 Å². The van der Waals surface area contributed by atoms with Crippen LogP contribution < -0.4 is 10.5 Å². The zero-order chi connectivity index (χ0) is 20.2. The van der Waals surface area contributed by atoms with Crippen molar-refractivity contribution in [3.63, 3.8) is 0 Å². The number of benzene rings is 3. The Hall–Kier alpha value is -3.38. The molecule has 0 heterocycles. The molecule has 3 aromatic rings. The number of nitrogens with zero attached hydrogens (tertiary/aromatic N) is 1. The van der Waals surface area contributed by atoms with E-state index in [1.54, 1.807) is 30.0 Å². The molecule has 0 aliphatic heterocycles. The number of hydrogen-bond acceptors (Lipinski definition) is 5. The van der Waals surface area contributed by atoms with E-state index in [4.69, 9.17) is 0 Å². The predicted octanol–water partition coefficient (Wildman–Crippen LogP) is 3.00. The van der Waals surface area contributed by atoms with Gasteiger partial charge in [0, 0.05) is 11.1 Å². The second kappa shape index (κ2) is 8.32. The third-order valence-electron chi connectivity index (χ3n) is 4.73. The standard InChI is InChI=1S/C23H18N2O3S/c26-21(25-24-13-15-7-1-2-8-16(15)23(27)28)14-29-22-19-11-5-3-9-17(19)18-10-4-6-12-20(18)22/h1-13,22H,14H2,(H,25,26)(H,27,28)/p-1/b24-13+. The van der Waals surface area contributed by atoms with Crippen LogP contribution in [-0.2, 0) is 4.79 Å². The maximum atomic E-state index is 12.3. The highest BCUT2D eigenvalue weighted by molar-refractivity contribution is 8.00. The molecule has 0 aromatic heterocycles. The molecule has 0 unspecified atom stereocenters. The number of hydrogen-bond donors (Lipinski definition) is 1. The van der Waals surface area contributed by atoms with E-state index in [9.17, 15) is 14.7 Å². The lowest BCUT2D eigenvalue weighted by Crippen LogP contribution is -2.24. The number of carbonyl (C=O) groups is 2. The summed E-state index contributed by atoms with van der Waals surface area (Å²) in [6.45, 7) is 0. The molecule has 0 saturated carbocycles. The lowest BCUT2D eigenvalue weighted by Gasteiger charge is -2.12. The summed E-state index contributed by atoms with van der Waals surface area (Å²) in [5.74, 6) is -1.31. The van der Waals surface area contributed by atoms with Gasteiger partial charge in [-0.3, -0.25) is 4.79 Å². The van der Waals surface area contributed by atoms with Crippen molar-refractivity contribution in [2.45, 2.75) is 5.25 Å². The lowest BCUT2D eigenvalue weighted by atomic mass is 10.1. The molecule has 3 aromatic carbocycles. The Kier molecular flexibility index (Phi) is 5.44. The zero-order valence-electron chi connectivity index (χ0n) is 15.4. The second-order valence-corrected chi connectivity index (χ2v) is 7.63. The molecule has 6 heteroatoms. The van der Waals surface area contributed by atoms with Crippen LogP contribution in [0.5, 0.6) is 0 Å². The van der Waals surface area contributed by atoms with Crippen molar-refractivity contribution in [1.29, 1.82) is 0 Å². The van der Waals surface area contributed by atoms with Crippen molar-refractivity contribution in [3.05, 3.63) is 95.1 Å². The van der Waals surface area contributed by atoms with Gasteiger partial charge in [-0.1, -0.05) is 72.8 Å². The average molecular weight is 401 g/mol. The molecule has 0 fully saturated rings. The van der Waals surface area contributed by atoms with Gasteiger partial charge >= 0.3 is 0 Å². The normalized spacial score (nSPS) is 12.6. The second-order valence-electron chi connectivity index (χ2n) is 6.53. The SMILES string of the molecule is O=C(CSC1c2ccccc2-c2ccccc21)N/N=C/c1ccccc1C(=O)[O-]. The number of carboxylic acid groups (broad SMARTS) is 1. The highest BCUT2D eigenvalue weighted by atomic mass is 32.2. The van der Waals surface area contributed by atoms with Crippen LogP contribution in [0.1, 0.15) is 32.3 Å². The summed E-state index contributed by atoms with van der Waals surface area (Å²) >= 11 is 1.54. The van der Waals surface area contributed by atoms with Crippen LogP contribution >= 0.6 is 11.8 Å². The smallest absolute Gasteiger partial charge is 0.250 e. The van der Waals surface area contributed by atoms with Crippen LogP contribution in [0.15, 0.2) is 77.9 Å². The fourth-order valence-electron chi connectivity index (χ4n) is 3.45. The summed E-state index contributed by atoms with van der Waals surface area (Å²) in [5, 5.41) is 15.1. The number of carboxylic acids is 1. The Bertz CT molecular complexity index is 1070. The van der Waals surface area contributed by atoms with Crippen molar-refractivity contribution in [1.82, 2.24) is 5.43 Å². The number of fused-ring (bicyclic) bond motifs is 3. The molecule has 0 bridgehead atoms. The molecule has 0 radical (unpaired) electrons. The minimum atomic E-state index is -1.28. The quantitative estimate of drug-likeness (QED) is 0.509. The van der Waals surface area contributed by atoms with Crippen molar-refractivity contribution >= 4 is 29.9 Å². The molecule has 5 nitrogen and oxygen atoms in total. The van der Waals surface area contributed by atoms with E-state index in [0.717, 1.165) is 0 Å². The largest absolute Gasteiger partial charge is 0.545 e. The predicted molar refractivity (Wildman–Crippen MR) is 113 cm³/mol. The fraction of sp³-hybridized carbons (Fsp3) is 0.0870. The monoisotopic (exact) mass is 401 g/mol. The van der Waals surface area contributed by atoms with Gasteiger partial charge < -0.3 is 9.90 Å². The molecule has 1 N–H and O–H groups in total. The number of rotatable bonds is 6. The average Bonchev–Trinajstić information content (AvgIpc) is 3.06. The summed E-state index contributed by atoms with van der Waals surface area (Å²) in [6, 6.07) is 22.8. The minimum absolute atomic E-state index is 0.0269. The maximum absolute atomic E-state index is 12.3. The minimum Gasteiger partial charge on any atom is -0.545 e. The number of amides is 1. The number of carbonyl (C=O) groups excluding carboxylic acids is 2. The van der Waals surface area contributed by atoms with Gasteiger partial charge in [-0.25, -0.2) is 5.43 Å². The summed E-state index contributed by atoms with van der Waals surface area (Å²) in [4.78, 5) is 23.4. The molecule has 4 rings (SSSR count). The third-order valence-corrected chi connectivity index (χ3v) is 6.00. The van der Waals surface area contributed by atoms with Gasteiger partial charge in [-0.15, -0.1) is 11.8 Å². The van der Waals surface area contributed by atoms with Gasteiger partial charge in [-0.2, -0.15) is 5.10 Å². The van der Waals surface area contributed by atoms with E-state index >= 15 is 0 Å². The van der Waals surface area contributed by atoms with E-state index in [-0.39, 0.29) is 22.5 Å². The van der Waals surface area contributed by atoms with Crippen molar-refractivity contribution in [3.8, 4) is 11.1 Å². The summed E-state index contributed by atoms with van der Waals surface area (Å²) in [7, 11) is 0. The summed E-state index contributed by atoms with van der Waals surface area (Å²) < 4.78 is 0. The van der Waals surface area contributed by atoms with E-state index < -0.39 is 5.97 Å². The molecule has 0 atom stereocenters. The molecule has 1 amide bonds. The van der Waals surface area contributed by atoms with Crippen LogP contribution in [0.25, 0.3) is 11.1 Å². The Labute approximate surface area is 172 Å². The number of thioether (sulfide) groups is 1. The van der Waals surface area contributed by atoms with Gasteiger partial charge in [0.05, 0.1) is 23.2 Å². The molecule has 29 heavy (non-hydrogen) atoms. The van der Waals surface area contributed by atoms with Crippen LogP contribution in [0.2, 0.25) is 0 Å². The van der Waals surface area contributed by atoms with Gasteiger partial charge in [-0.05, 0) is 22.3 Å². The molecule has 144 valence electrons. The van der Waals surface area contributed by atoms with Crippen LogP contribution in [-0.4, -0.2) is 23.8 Å². The third kappa shape index (κ3) is 3.93. The Morgan fingerprint density at radius 3 is 2.17 bits per heavy atom. The number of hydrazone groups is 1. The van der Waals surface area contributed by atoms with E-state index in [1.807, 2.05) is 24.3 Å². The maximum Gasteiger partial charge on any atom is 0.250 e. The van der Waals surface area contributed by atoms with Crippen molar-refractivity contribution < 1.29 is 14.7 Å². The summed E-state index contributed by atoms with van der Waals surface area (Å²) in [6.07, 6.45) is 1.31. The molecular weight excluding hydrogens is 384 g/mol. The van der Waals surface area contributed by atoms with E-state index in [2.05, 4.69) is 34.8 Å². The Morgan fingerprint density at radius 2 is 1.52 bits per heavy atom. The Morgan fingerprint density at radius 1 is 0.931 bits per heavy atom. The van der Waals surface area contributed by atoms with Gasteiger partial charge in [0.15, 0.2) is 0 Å². The molecular formula is C23H17N2O3S-. The molecule has 0 saturated heterocycles. The van der Waals surface area contributed by atoms with Gasteiger partial charge in [0.25, 0.3) is 0 Å². The van der Waals surface area contributed by atoms with Gasteiger partial charge in [0.1, 0.15) is 0 Å². The highest BCUT2D eigenvalue weighted by Gasteiger charge is 2.28. The molecule has 1 aliphatic rings. The fourth-order valence-corrected chi connectivity index (χ4v) is 4.60. The molecule has 0 spiro atoms. The van der Waals surface area contributed by atoms with Crippen LogP contribution in [0.4, 0.5) is 0 Å². The first-order chi connectivity index (χ1) is 14.1. The zero-order valence-corrected chi connectivity index (χ0v) is 16.2. The topological polar surface area (TPSA) is 81.6 Å². The first kappa shape index (κ1) is 19.0. The lowest BCUT2D eigenvalue weighted by molar-refractivity contribution is -0.255. The van der Waals surface area contributed by atoms with E-state index in [0.29, 0.717) is 5.56 Å². The molecule has 1 aliphatic carbocycles. The van der Waals surface area contributed by atoms with Crippen molar-refractivity contribution in [2.24, 2.45) is 5.10 Å². The highest BCUT2D eigenvalue weighted by Crippen LogP contribution is 2.49. The van der Waals surface area contributed by atoms with E-state index in [1.165, 1.54) is 34.5 Å². The number of aromatic carboxylic acids is 1.